The lowest BCUT2D eigenvalue weighted by Gasteiger charge is -2.15. The molecule has 4 rings (SSSR count). The fourth-order valence-electron chi connectivity index (χ4n) is 3.12. The van der Waals surface area contributed by atoms with Crippen molar-refractivity contribution in [2.75, 3.05) is 12.4 Å². The van der Waals surface area contributed by atoms with E-state index in [9.17, 15) is 14.0 Å². The summed E-state index contributed by atoms with van der Waals surface area (Å²) in [6.07, 6.45) is 1.78. The van der Waals surface area contributed by atoms with Crippen LogP contribution in [-0.2, 0) is 9.59 Å². The molecule has 150 valence electrons. The van der Waals surface area contributed by atoms with E-state index in [1.165, 1.54) is 24.9 Å². The van der Waals surface area contributed by atoms with Crippen LogP contribution >= 0.6 is 11.8 Å². The molecule has 1 saturated heterocycles. The lowest BCUT2D eigenvalue weighted by molar-refractivity contribution is -0.128. The van der Waals surface area contributed by atoms with Gasteiger partial charge >= 0.3 is 0 Å². The van der Waals surface area contributed by atoms with Crippen LogP contribution in [0.2, 0.25) is 0 Å². The molecule has 0 unspecified atom stereocenters. The first-order chi connectivity index (χ1) is 14.1. The Kier molecular flexibility index (Phi) is 5.53. The summed E-state index contributed by atoms with van der Waals surface area (Å²) in [6, 6.07) is 13.4. The highest BCUT2D eigenvalue weighted by molar-refractivity contribution is 8.15. The Morgan fingerprint density at radius 3 is 2.69 bits per heavy atom. The minimum absolute atomic E-state index is 0.00105. The van der Waals surface area contributed by atoms with E-state index in [1.807, 2.05) is 6.07 Å². The molecule has 1 atom stereocenters. The van der Waals surface area contributed by atoms with Gasteiger partial charge in [0.2, 0.25) is 11.8 Å². The first-order valence-corrected chi connectivity index (χ1v) is 10.2. The van der Waals surface area contributed by atoms with Gasteiger partial charge < -0.3 is 10.1 Å². The summed E-state index contributed by atoms with van der Waals surface area (Å²) in [5.74, 6) is -0.333. The van der Waals surface area contributed by atoms with Gasteiger partial charge in [-0.15, -0.1) is 0 Å². The highest BCUT2D eigenvalue weighted by Crippen LogP contribution is 2.39. The monoisotopic (exact) mass is 413 g/mol. The summed E-state index contributed by atoms with van der Waals surface area (Å²) < 4.78 is 19.2. The minimum atomic E-state index is -0.587. The van der Waals surface area contributed by atoms with Gasteiger partial charge in [-0.2, -0.15) is 0 Å². The zero-order chi connectivity index (χ0) is 20.4. The number of benzene rings is 2. The van der Waals surface area contributed by atoms with Crippen LogP contribution in [0, 0.1) is 5.82 Å². The van der Waals surface area contributed by atoms with Gasteiger partial charge in [-0.1, -0.05) is 36.0 Å². The molecule has 1 heterocycles. The number of hydrogen-bond acceptors (Lipinski definition) is 5. The second-order valence-corrected chi connectivity index (χ2v) is 8.01. The number of halogens is 1. The van der Waals surface area contributed by atoms with Crippen LogP contribution in [0.3, 0.4) is 0 Å². The first-order valence-electron chi connectivity index (χ1n) is 9.32. The second kappa shape index (κ2) is 8.24. The van der Waals surface area contributed by atoms with E-state index in [4.69, 9.17) is 4.74 Å². The minimum Gasteiger partial charge on any atom is -0.495 e. The van der Waals surface area contributed by atoms with Crippen LogP contribution < -0.4 is 10.1 Å². The van der Waals surface area contributed by atoms with Gasteiger partial charge in [0, 0.05) is 12.5 Å². The molecule has 0 bridgehead atoms. The second-order valence-electron chi connectivity index (χ2n) is 6.84. The van der Waals surface area contributed by atoms with Crippen molar-refractivity contribution in [2.45, 2.75) is 30.6 Å². The molecule has 6 nitrogen and oxygen atoms in total. The number of rotatable bonds is 6. The molecule has 2 fully saturated rings. The molecule has 1 aliphatic heterocycles. The Morgan fingerprint density at radius 2 is 1.97 bits per heavy atom. The van der Waals surface area contributed by atoms with Crippen molar-refractivity contribution >= 4 is 40.1 Å². The molecule has 29 heavy (non-hydrogen) atoms. The van der Waals surface area contributed by atoms with Crippen molar-refractivity contribution in [3.8, 4) is 5.75 Å². The van der Waals surface area contributed by atoms with Crippen LogP contribution in [0.4, 0.5) is 15.8 Å². The van der Waals surface area contributed by atoms with Crippen molar-refractivity contribution < 1.29 is 18.7 Å². The lowest BCUT2D eigenvalue weighted by atomic mass is 10.2. The Morgan fingerprint density at radius 1 is 1.24 bits per heavy atom. The van der Waals surface area contributed by atoms with Gasteiger partial charge in [0.1, 0.15) is 22.5 Å². The number of nitrogens with zero attached hydrogens (tertiary/aromatic N) is 2. The summed E-state index contributed by atoms with van der Waals surface area (Å²) >= 11 is 1.22. The standard InChI is InChI=1S/C21H20FN3O3S/c1-28-17-9-5-4-8-16(17)23-19(26)12-18-20(27)25(13-10-11-13)21(29-18)24-15-7-3-2-6-14(15)22/h2-9,13,18H,10-12H2,1H3,(H,23,26)/t18-/m0/s1. The Bertz CT molecular complexity index is 977. The molecule has 0 aromatic heterocycles. The third kappa shape index (κ3) is 4.27. The number of hydrogen-bond donors (Lipinski definition) is 1. The summed E-state index contributed by atoms with van der Waals surface area (Å²) in [6.45, 7) is 0. The Hall–Kier alpha value is -2.87. The number of carbonyl (C=O) groups excluding carboxylic acids is 2. The van der Waals surface area contributed by atoms with Crippen molar-refractivity contribution in [3.05, 3.63) is 54.3 Å². The smallest absolute Gasteiger partial charge is 0.242 e. The fourth-order valence-corrected chi connectivity index (χ4v) is 4.33. The number of para-hydroxylation sites is 3. The molecule has 1 saturated carbocycles. The number of methoxy groups -OCH3 is 1. The number of amides is 2. The maximum absolute atomic E-state index is 14.0. The average Bonchev–Trinajstić information content (AvgIpc) is 3.50. The zero-order valence-corrected chi connectivity index (χ0v) is 16.6. The zero-order valence-electron chi connectivity index (χ0n) is 15.8. The summed E-state index contributed by atoms with van der Waals surface area (Å²) in [5.41, 5.74) is 0.738. The molecule has 0 spiro atoms. The van der Waals surface area contributed by atoms with Crippen molar-refractivity contribution in [1.29, 1.82) is 0 Å². The van der Waals surface area contributed by atoms with Gasteiger partial charge in [-0.3, -0.25) is 14.5 Å². The predicted octanol–water partition coefficient (Wildman–Crippen LogP) is 3.96. The molecule has 2 amide bonds. The number of aliphatic imine (C=N–C) groups is 1. The number of amidine groups is 1. The van der Waals surface area contributed by atoms with Gasteiger partial charge in [0.05, 0.1) is 12.8 Å². The van der Waals surface area contributed by atoms with Gasteiger partial charge in [0.25, 0.3) is 0 Å². The Labute approximate surface area is 172 Å². The molecule has 1 N–H and O–H groups in total. The molecule has 1 aliphatic carbocycles. The fraction of sp³-hybridized carbons (Fsp3) is 0.286. The topological polar surface area (TPSA) is 71.0 Å². The SMILES string of the molecule is COc1ccccc1NC(=O)C[C@@H]1SC(=Nc2ccccc2F)N(C2CC2)C1=O. The van der Waals surface area contributed by atoms with E-state index in [0.29, 0.717) is 16.6 Å². The van der Waals surface area contributed by atoms with Crippen molar-refractivity contribution in [2.24, 2.45) is 4.99 Å². The molecular formula is C21H20FN3O3S. The highest BCUT2D eigenvalue weighted by atomic mass is 32.2. The predicted molar refractivity (Wildman–Crippen MR) is 111 cm³/mol. The normalized spacial score (nSPS) is 20.2. The average molecular weight is 413 g/mol. The van der Waals surface area contributed by atoms with Crippen molar-refractivity contribution in [1.82, 2.24) is 4.90 Å². The number of ether oxygens (including phenoxy) is 1. The molecule has 0 radical (unpaired) electrons. The number of carbonyl (C=O) groups is 2. The number of thioether (sulfide) groups is 1. The van der Waals surface area contributed by atoms with Crippen LogP contribution in [-0.4, -0.2) is 40.3 Å². The maximum atomic E-state index is 14.0. The summed E-state index contributed by atoms with van der Waals surface area (Å²) in [4.78, 5) is 31.5. The quantitative estimate of drug-likeness (QED) is 0.778. The number of anilines is 1. The third-order valence-corrected chi connectivity index (χ3v) is 5.85. The summed E-state index contributed by atoms with van der Waals surface area (Å²) in [7, 11) is 1.53. The number of nitrogens with one attached hydrogen (secondary N) is 1. The summed E-state index contributed by atoms with van der Waals surface area (Å²) in [5, 5.41) is 2.66. The first kappa shape index (κ1) is 19.4. The lowest BCUT2D eigenvalue weighted by Crippen LogP contribution is -2.35. The van der Waals surface area contributed by atoms with Gasteiger partial charge in [0.15, 0.2) is 5.17 Å². The Balaban J connectivity index is 1.50. The van der Waals surface area contributed by atoms with E-state index in [2.05, 4.69) is 10.3 Å². The van der Waals surface area contributed by atoms with E-state index in [1.54, 1.807) is 41.3 Å². The van der Waals surface area contributed by atoms with Crippen LogP contribution in [0.15, 0.2) is 53.5 Å². The molecule has 2 aromatic carbocycles. The van der Waals surface area contributed by atoms with Crippen LogP contribution in [0.5, 0.6) is 5.75 Å². The molecule has 8 heteroatoms. The van der Waals surface area contributed by atoms with Crippen LogP contribution in [0.25, 0.3) is 0 Å². The van der Waals surface area contributed by atoms with Crippen molar-refractivity contribution in [3.63, 3.8) is 0 Å². The molecular weight excluding hydrogens is 393 g/mol. The third-order valence-electron chi connectivity index (χ3n) is 4.70. The molecule has 2 aliphatic rings. The van der Waals surface area contributed by atoms with Crippen LogP contribution in [0.1, 0.15) is 19.3 Å². The highest BCUT2D eigenvalue weighted by Gasteiger charge is 2.46. The van der Waals surface area contributed by atoms with E-state index in [0.717, 1.165) is 12.8 Å². The van der Waals surface area contributed by atoms with Gasteiger partial charge in [-0.05, 0) is 37.1 Å². The van der Waals surface area contributed by atoms with E-state index < -0.39 is 11.1 Å². The molecule has 2 aromatic rings. The van der Waals surface area contributed by atoms with E-state index >= 15 is 0 Å². The largest absolute Gasteiger partial charge is 0.495 e. The van der Waals surface area contributed by atoms with Gasteiger partial charge in [-0.25, -0.2) is 9.38 Å². The maximum Gasteiger partial charge on any atom is 0.242 e. The van der Waals surface area contributed by atoms with E-state index in [-0.39, 0.29) is 30.0 Å².